The molecular formula is C12H19N3O. The summed E-state index contributed by atoms with van der Waals surface area (Å²) >= 11 is 0. The summed E-state index contributed by atoms with van der Waals surface area (Å²) in [5.41, 5.74) is 5.96. The van der Waals surface area contributed by atoms with Gasteiger partial charge in [-0.25, -0.2) is 0 Å². The topological polar surface area (TPSA) is 59.2 Å². The lowest BCUT2D eigenvalue weighted by atomic mass is 10.0. The summed E-state index contributed by atoms with van der Waals surface area (Å²) < 4.78 is 0. The standard InChI is InChI=1S/C12H19N3O/c1-12(2,11(13)16)15(3)9-6-10-4-7-14-8-5-10/h4-5,7-8H,6,9H2,1-3H3,(H2,13,16). The van der Waals surface area contributed by atoms with Gasteiger partial charge >= 0.3 is 0 Å². The molecule has 0 aliphatic heterocycles. The normalized spacial score (nSPS) is 11.8. The van der Waals surface area contributed by atoms with Crippen LogP contribution in [0.25, 0.3) is 0 Å². The number of aromatic nitrogens is 1. The van der Waals surface area contributed by atoms with E-state index in [1.54, 1.807) is 12.4 Å². The van der Waals surface area contributed by atoms with Gasteiger partial charge in [-0.3, -0.25) is 14.7 Å². The third-order valence-corrected chi connectivity index (χ3v) is 3.04. The molecule has 0 saturated carbocycles. The van der Waals surface area contributed by atoms with Crippen LogP contribution in [0.5, 0.6) is 0 Å². The third kappa shape index (κ3) is 3.03. The number of carbonyl (C=O) groups is 1. The summed E-state index contributed by atoms with van der Waals surface area (Å²) in [7, 11) is 1.91. The van der Waals surface area contributed by atoms with E-state index in [0.29, 0.717) is 0 Å². The molecule has 0 aliphatic carbocycles. The minimum Gasteiger partial charge on any atom is -0.368 e. The van der Waals surface area contributed by atoms with E-state index < -0.39 is 5.54 Å². The summed E-state index contributed by atoms with van der Waals surface area (Å²) in [6.07, 6.45) is 4.43. The number of pyridine rings is 1. The van der Waals surface area contributed by atoms with Gasteiger partial charge in [0.05, 0.1) is 5.54 Å². The maximum absolute atomic E-state index is 11.2. The fraction of sp³-hybridized carbons (Fsp3) is 0.500. The first-order valence-electron chi connectivity index (χ1n) is 5.34. The van der Waals surface area contributed by atoms with Crippen LogP contribution < -0.4 is 5.73 Å². The molecule has 0 bridgehead atoms. The first kappa shape index (κ1) is 12.6. The van der Waals surface area contributed by atoms with Gasteiger partial charge in [0, 0.05) is 18.9 Å². The number of rotatable bonds is 5. The fourth-order valence-electron chi connectivity index (χ4n) is 1.31. The zero-order valence-electron chi connectivity index (χ0n) is 10.1. The summed E-state index contributed by atoms with van der Waals surface area (Å²) in [6, 6.07) is 3.95. The highest BCUT2D eigenvalue weighted by Crippen LogP contribution is 2.12. The third-order valence-electron chi connectivity index (χ3n) is 3.04. The highest BCUT2D eigenvalue weighted by atomic mass is 16.1. The van der Waals surface area contributed by atoms with Crippen LogP contribution in [0.15, 0.2) is 24.5 Å². The van der Waals surface area contributed by atoms with Crippen molar-refractivity contribution in [2.24, 2.45) is 5.73 Å². The Labute approximate surface area is 96.5 Å². The van der Waals surface area contributed by atoms with E-state index in [0.717, 1.165) is 13.0 Å². The highest BCUT2D eigenvalue weighted by Gasteiger charge is 2.29. The van der Waals surface area contributed by atoms with Crippen molar-refractivity contribution in [3.05, 3.63) is 30.1 Å². The minimum atomic E-state index is -0.604. The molecule has 0 spiro atoms. The minimum absolute atomic E-state index is 0.301. The maximum atomic E-state index is 11.2. The van der Waals surface area contributed by atoms with E-state index in [-0.39, 0.29) is 5.91 Å². The van der Waals surface area contributed by atoms with Crippen molar-refractivity contribution >= 4 is 5.91 Å². The van der Waals surface area contributed by atoms with Crippen molar-refractivity contribution in [2.75, 3.05) is 13.6 Å². The van der Waals surface area contributed by atoms with Crippen molar-refractivity contribution in [3.63, 3.8) is 0 Å². The average molecular weight is 221 g/mol. The van der Waals surface area contributed by atoms with Crippen LogP contribution >= 0.6 is 0 Å². The second-order valence-electron chi connectivity index (χ2n) is 4.45. The predicted octanol–water partition coefficient (Wildman–Crippen LogP) is 0.820. The van der Waals surface area contributed by atoms with Gasteiger partial charge < -0.3 is 5.73 Å². The molecule has 88 valence electrons. The molecule has 1 rings (SSSR count). The number of primary amides is 1. The summed E-state index contributed by atoms with van der Waals surface area (Å²) in [5, 5.41) is 0. The van der Waals surface area contributed by atoms with Crippen LogP contribution in [-0.2, 0) is 11.2 Å². The van der Waals surface area contributed by atoms with Gasteiger partial charge in [-0.05, 0) is 45.0 Å². The molecule has 0 radical (unpaired) electrons. The monoisotopic (exact) mass is 221 g/mol. The molecule has 16 heavy (non-hydrogen) atoms. The second kappa shape index (κ2) is 5.07. The number of nitrogens with two attached hydrogens (primary N) is 1. The molecule has 4 nitrogen and oxygen atoms in total. The van der Waals surface area contributed by atoms with Gasteiger partial charge in [0.25, 0.3) is 0 Å². The molecular weight excluding hydrogens is 202 g/mol. The van der Waals surface area contributed by atoms with Crippen LogP contribution in [0.3, 0.4) is 0 Å². The molecule has 1 aromatic heterocycles. The van der Waals surface area contributed by atoms with Crippen molar-refractivity contribution in [1.29, 1.82) is 0 Å². The van der Waals surface area contributed by atoms with Gasteiger partial charge in [-0.2, -0.15) is 0 Å². The molecule has 1 amide bonds. The summed E-state index contributed by atoms with van der Waals surface area (Å²) in [5.74, 6) is -0.301. The molecule has 2 N–H and O–H groups in total. The van der Waals surface area contributed by atoms with Gasteiger partial charge in [0.1, 0.15) is 0 Å². The molecule has 0 aromatic carbocycles. The Morgan fingerprint density at radius 3 is 2.50 bits per heavy atom. The molecule has 0 unspecified atom stereocenters. The lowest BCUT2D eigenvalue weighted by molar-refractivity contribution is -0.127. The number of likely N-dealkylation sites (N-methyl/N-ethyl adjacent to an activating group) is 1. The van der Waals surface area contributed by atoms with E-state index in [1.165, 1.54) is 5.56 Å². The van der Waals surface area contributed by atoms with E-state index in [4.69, 9.17) is 5.73 Å². The van der Waals surface area contributed by atoms with Crippen LogP contribution in [-0.4, -0.2) is 34.9 Å². The van der Waals surface area contributed by atoms with E-state index in [9.17, 15) is 4.79 Å². The Hall–Kier alpha value is -1.42. The summed E-state index contributed by atoms with van der Waals surface area (Å²) in [4.78, 5) is 17.2. The van der Waals surface area contributed by atoms with Crippen LogP contribution in [0.2, 0.25) is 0 Å². The van der Waals surface area contributed by atoms with Crippen molar-refractivity contribution in [1.82, 2.24) is 9.88 Å². The van der Waals surface area contributed by atoms with Crippen LogP contribution in [0, 0.1) is 0 Å². The Balaban J connectivity index is 2.53. The van der Waals surface area contributed by atoms with Crippen molar-refractivity contribution in [2.45, 2.75) is 25.8 Å². The highest BCUT2D eigenvalue weighted by molar-refractivity contribution is 5.83. The first-order valence-corrected chi connectivity index (χ1v) is 5.34. The molecule has 0 saturated heterocycles. The van der Waals surface area contributed by atoms with E-state index in [2.05, 4.69) is 4.98 Å². The van der Waals surface area contributed by atoms with E-state index >= 15 is 0 Å². The van der Waals surface area contributed by atoms with Crippen molar-refractivity contribution in [3.8, 4) is 0 Å². The van der Waals surface area contributed by atoms with Crippen molar-refractivity contribution < 1.29 is 4.79 Å². The first-order chi connectivity index (χ1) is 7.44. The van der Waals surface area contributed by atoms with Crippen LogP contribution in [0.1, 0.15) is 19.4 Å². The number of nitrogens with zero attached hydrogens (tertiary/aromatic N) is 2. The second-order valence-corrected chi connectivity index (χ2v) is 4.45. The predicted molar refractivity (Wildman–Crippen MR) is 63.8 cm³/mol. The number of amides is 1. The lowest BCUT2D eigenvalue weighted by Gasteiger charge is -2.32. The Morgan fingerprint density at radius 1 is 1.44 bits per heavy atom. The molecule has 1 aromatic rings. The SMILES string of the molecule is CN(CCc1ccncc1)C(C)(C)C(N)=O. The zero-order chi connectivity index (χ0) is 12.2. The largest absolute Gasteiger partial charge is 0.368 e. The zero-order valence-corrected chi connectivity index (χ0v) is 10.1. The Kier molecular flexibility index (Phi) is 4.01. The maximum Gasteiger partial charge on any atom is 0.237 e. The van der Waals surface area contributed by atoms with Gasteiger partial charge in [0.2, 0.25) is 5.91 Å². The quantitative estimate of drug-likeness (QED) is 0.800. The number of carbonyl (C=O) groups excluding carboxylic acids is 1. The van der Waals surface area contributed by atoms with Gasteiger partial charge in [-0.1, -0.05) is 0 Å². The Morgan fingerprint density at radius 2 is 2.00 bits per heavy atom. The molecule has 0 fully saturated rings. The number of hydrogen-bond acceptors (Lipinski definition) is 3. The van der Waals surface area contributed by atoms with Gasteiger partial charge in [-0.15, -0.1) is 0 Å². The molecule has 0 atom stereocenters. The smallest absolute Gasteiger partial charge is 0.237 e. The Bertz CT molecular complexity index is 349. The molecule has 4 heteroatoms. The molecule has 1 heterocycles. The average Bonchev–Trinajstić information content (AvgIpc) is 2.27. The van der Waals surface area contributed by atoms with Gasteiger partial charge in [0.15, 0.2) is 0 Å². The molecule has 0 aliphatic rings. The van der Waals surface area contributed by atoms with Crippen LogP contribution in [0.4, 0.5) is 0 Å². The van der Waals surface area contributed by atoms with E-state index in [1.807, 2.05) is 37.9 Å². The number of hydrogen-bond donors (Lipinski definition) is 1. The summed E-state index contributed by atoms with van der Waals surface area (Å²) in [6.45, 7) is 4.46. The fourth-order valence-corrected chi connectivity index (χ4v) is 1.31. The lowest BCUT2D eigenvalue weighted by Crippen LogP contribution is -2.52.